The minimum Gasteiger partial charge on any atom is -0.445 e. The Morgan fingerprint density at radius 3 is 2.25 bits per heavy atom. The molecule has 214 valence electrons. The summed E-state index contributed by atoms with van der Waals surface area (Å²) < 4.78 is 33.8. The maximum Gasteiger partial charge on any atom is 0.407 e. The van der Waals surface area contributed by atoms with Gasteiger partial charge in [-0.1, -0.05) is 30.3 Å². The van der Waals surface area contributed by atoms with Crippen LogP contribution in [-0.2, 0) is 30.5 Å². The maximum absolute atomic E-state index is 14.2. The van der Waals surface area contributed by atoms with E-state index in [4.69, 9.17) is 4.74 Å². The van der Waals surface area contributed by atoms with Crippen molar-refractivity contribution in [3.05, 3.63) is 101 Å². The van der Waals surface area contributed by atoms with E-state index in [2.05, 4.69) is 41.5 Å². The van der Waals surface area contributed by atoms with Crippen molar-refractivity contribution in [2.75, 3.05) is 11.9 Å². The number of amides is 1. The molecule has 1 heterocycles. The molecular weight excluding hydrogens is 508 g/mol. The number of rotatable bonds is 9. The topological polar surface area (TPSA) is 53.6 Å². The Morgan fingerprint density at radius 1 is 0.950 bits per heavy atom. The molecule has 0 aromatic heterocycles. The van der Waals surface area contributed by atoms with Gasteiger partial charge in [-0.15, -0.1) is 0 Å². The molecule has 0 radical (unpaired) electrons. The van der Waals surface area contributed by atoms with Gasteiger partial charge >= 0.3 is 6.09 Å². The second kappa shape index (κ2) is 12.8. The summed E-state index contributed by atoms with van der Waals surface area (Å²) in [5, 5.41) is 6.31. The Hall–Kier alpha value is -3.45. The van der Waals surface area contributed by atoms with Crippen LogP contribution in [0.5, 0.6) is 0 Å². The average molecular weight is 550 g/mol. The first-order chi connectivity index (χ1) is 18.9. The van der Waals surface area contributed by atoms with Crippen molar-refractivity contribution in [1.29, 1.82) is 0 Å². The summed E-state index contributed by atoms with van der Waals surface area (Å²) in [7, 11) is 0. The predicted octanol–water partition coefficient (Wildman–Crippen LogP) is 6.89. The number of ether oxygens (including phenoxy) is 1. The van der Waals surface area contributed by atoms with E-state index < -0.39 is 17.7 Å². The van der Waals surface area contributed by atoms with Crippen molar-refractivity contribution in [3.8, 4) is 0 Å². The summed E-state index contributed by atoms with van der Waals surface area (Å²) in [6, 6.07) is 20.1. The zero-order valence-electron chi connectivity index (χ0n) is 24.1. The van der Waals surface area contributed by atoms with Gasteiger partial charge in [-0.3, -0.25) is 4.90 Å². The summed E-state index contributed by atoms with van der Waals surface area (Å²) in [5.74, 6) is -0.527. The SMILES string of the molecule is CC(C)Nc1ccc(CC(CN2Cc3cc(F)ccc3CC2Cc2ccc(F)cc2)OC(=O)NC(C)(C)C)cc1. The highest BCUT2D eigenvalue weighted by molar-refractivity contribution is 5.68. The van der Waals surface area contributed by atoms with Crippen molar-refractivity contribution in [2.24, 2.45) is 0 Å². The van der Waals surface area contributed by atoms with E-state index in [-0.39, 0.29) is 17.7 Å². The number of benzene rings is 3. The van der Waals surface area contributed by atoms with Gasteiger partial charge in [0.1, 0.15) is 17.7 Å². The number of alkyl carbamates (subject to hydrolysis) is 1. The Kier molecular flexibility index (Phi) is 9.46. The van der Waals surface area contributed by atoms with Gasteiger partial charge in [0.15, 0.2) is 0 Å². The molecule has 0 bridgehead atoms. The number of carbonyl (C=O) groups excluding carboxylic acids is 1. The van der Waals surface area contributed by atoms with E-state index >= 15 is 0 Å². The first kappa shape index (κ1) is 29.5. The number of hydrogen-bond donors (Lipinski definition) is 2. The van der Waals surface area contributed by atoms with Gasteiger partial charge in [0, 0.05) is 42.8 Å². The van der Waals surface area contributed by atoms with Crippen molar-refractivity contribution in [3.63, 3.8) is 0 Å². The van der Waals surface area contributed by atoms with Crippen LogP contribution in [-0.4, -0.2) is 41.3 Å². The molecule has 2 atom stereocenters. The van der Waals surface area contributed by atoms with Gasteiger partial charge in [0.2, 0.25) is 0 Å². The molecule has 5 nitrogen and oxygen atoms in total. The second-order valence-corrected chi connectivity index (χ2v) is 12.1. The first-order valence-electron chi connectivity index (χ1n) is 14.0. The zero-order chi connectivity index (χ0) is 28.9. The molecule has 0 aliphatic carbocycles. The van der Waals surface area contributed by atoms with Gasteiger partial charge < -0.3 is 15.4 Å². The Labute approximate surface area is 236 Å². The molecule has 4 rings (SSSR count). The van der Waals surface area contributed by atoms with Crippen molar-refractivity contribution in [2.45, 2.75) is 84.2 Å². The lowest BCUT2D eigenvalue weighted by molar-refractivity contribution is 0.0462. The van der Waals surface area contributed by atoms with Crippen LogP contribution in [0.25, 0.3) is 0 Å². The van der Waals surface area contributed by atoms with E-state index in [0.717, 1.165) is 34.4 Å². The molecule has 3 aromatic carbocycles. The normalized spacial score (nSPS) is 16.4. The molecule has 0 spiro atoms. The number of halogens is 2. The molecular formula is C33H41F2N3O2. The van der Waals surface area contributed by atoms with Crippen molar-refractivity contribution >= 4 is 11.8 Å². The fourth-order valence-electron chi connectivity index (χ4n) is 5.20. The minimum atomic E-state index is -0.464. The first-order valence-corrected chi connectivity index (χ1v) is 14.0. The smallest absolute Gasteiger partial charge is 0.407 e. The monoisotopic (exact) mass is 549 g/mol. The number of nitrogens with zero attached hydrogens (tertiary/aromatic N) is 1. The Bertz CT molecular complexity index is 1270. The summed E-state index contributed by atoms with van der Waals surface area (Å²) >= 11 is 0. The summed E-state index contributed by atoms with van der Waals surface area (Å²) in [4.78, 5) is 15.1. The van der Waals surface area contributed by atoms with Gasteiger partial charge in [0.05, 0.1) is 0 Å². The third-order valence-corrected chi connectivity index (χ3v) is 6.96. The third kappa shape index (κ3) is 8.78. The van der Waals surface area contributed by atoms with Crippen LogP contribution in [0.4, 0.5) is 19.3 Å². The molecule has 3 aromatic rings. The molecule has 0 fully saturated rings. The van der Waals surface area contributed by atoms with Crippen molar-refractivity contribution < 1.29 is 18.3 Å². The molecule has 2 unspecified atom stereocenters. The second-order valence-electron chi connectivity index (χ2n) is 12.1. The Balaban J connectivity index is 1.58. The molecule has 2 N–H and O–H groups in total. The van der Waals surface area contributed by atoms with Crippen LogP contribution < -0.4 is 10.6 Å². The average Bonchev–Trinajstić information content (AvgIpc) is 2.85. The summed E-state index contributed by atoms with van der Waals surface area (Å²) in [6.45, 7) is 10.9. The highest BCUT2D eigenvalue weighted by Gasteiger charge is 2.30. The fraction of sp³-hybridized carbons (Fsp3) is 0.424. The number of nitrogens with one attached hydrogen (secondary N) is 2. The highest BCUT2D eigenvalue weighted by atomic mass is 19.1. The number of anilines is 1. The zero-order valence-corrected chi connectivity index (χ0v) is 24.1. The van der Waals surface area contributed by atoms with E-state index in [1.165, 1.54) is 18.2 Å². The highest BCUT2D eigenvalue weighted by Crippen LogP contribution is 2.28. The standard InChI is InChI=1S/C33H41F2N3O2/c1-22(2)36-29-14-8-24(9-15-29)17-31(40-32(39)37-33(3,4)5)21-38-20-26-18-28(35)13-10-25(26)19-30(38)16-23-6-11-27(34)12-7-23/h6-15,18,22,30-31,36H,16-17,19-21H2,1-5H3,(H,37,39). The van der Waals surface area contributed by atoms with Crippen LogP contribution in [0.3, 0.4) is 0 Å². The largest absolute Gasteiger partial charge is 0.445 e. The van der Waals surface area contributed by atoms with E-state index in [9.17, 15) is 13.6 Å². The third-order valence-electron chi connectivity index (χ3n) is 6.96. The minimum absolute atomic E-state index is 0.0813. The molecule has 1 aliphatic rings. The fourth-order valence-corrected chi connectivity index (χ4v) is 5.20. The van der Waals surface area contributed by atoms with Crippen LogP contribution in [0.15, 0.2) is 66.7 Å². The van der Waals surface area contributed by atoms with Gasteiger partial charge in [-0.2, -0.15) is 0 Å². The van der Waals surface area contributed by atoms with Crippen molar-refractivity contribution in [1.82, 2.24) is 10.2 Å². The quantitative estimate of drug-likeness (QED) is 0.305. The number of carbonyl (C=O) groups is 1. The van der Waals surface area contributed by atoms with Gasteiger partial charge in [0.25, 0.3) is 0 Å². The van der Waals surface area contributed by atoms with Gasteiger partial charge in [-0.25, -0.2) is 13.6 Å². The molecule has 1 aliphatic heterocycles. The Morgan fingerprint density at radius 2 is 1.60 bits per heavy atom. The maximum atomic E-state index is 14.2. The van der Waals surface area contributed by atoms with Crippen LogP contribution in [0.1, 0.15) is 56.9 Å². The van der Waals surface area contributed by atoms with E-state index in [1.807, 2.05) is 51.1 Å². The number of hydrogen-bond acceptors (Lipinski definition) is 4. The van der Waals surface area contributed by atoms with E-state index in [0.29, 0.717) is 32.0 Å². The van der Waals surface area contributed by atoms with Crippen LogP contribution >= 0.6 is 0 Å². The lowest BCUT2D eigenvalue weighted by atomic mass is 9.89. The molecule has 0 saturated heterocycles. The predicted molar refractivity (Wildman–Crippen MR) is 156 cm³/mol. The summed E-state index contributed by atoms with van der Waals surface area (Å²) in [6.07, 6.45) is 1.07. The molecule has 1 amide bonds. The van der Waals surface area contributed by atoms with Crippen LogP contribution in [0.2, 0.25) is 0 Å². The lowest BCUT2D eigenvalue weighted by Gasteiger charge is -2.39. The summed E-state index contributed by atoms with van der Waals surface area (Å²) in [5.41, 5.74) is 4.74. The molecule has 7 heteroatoms. The van der Waals surface area contributed by atoms with Crippen LogP contribution in [0, 0.1) is 11.6 Å². The number of fused-ring (bicyclic) bond motifs is 1. The molecule has 40 heavy (non-hydrogen) atoms. The lowest BCUT2D eigenvalue weighted by Crippen LogP contribution is -2.48. The van der Waals surface area contributed by atoms with Gasteiger partial charge in [-0.05, 0) is 106 Å². The van der Waals surface area contributed by atoms with E-state index in [1.54, 1.807) is 6.07 Å². The molecule has 0 saturated carbocycles.